The number of imidazole rings is 2. The maximum atomic E-state index is 12.5. The highest BCUT2D eigenvalue weighted by Gasteiger charge is 2.24. The molecule has 0 atom stereocenters. The standard InChI is InChI=1S/C15H19N5O2/c1-9-8-19-11-12(17(2)15(22)18(3)13(11)21)16-14(19)20(9)10-6-4-5-7-10/h8,10H,4-7H2,1-3H3. The van der Waals surface area contributed by atoms with E-state index >= 15 is 0 Å². The second-order valence-corrected chi connectivity index (χ2v) is 6.24. The summed E-state index contributed by atoms with van der Waals surface area (Å²) in [6.07, 6.45) is 6.70. The Morgan fingerprint density at radius 2 is 1.82 bits per heavy atom. The Hall–Kier alpha value is -2.31. The lowest BCUT2D eigenvalue weighted by molar-refractivity contribution is 0.520. The van der Waals surface area contributed by atoms with E-state index in [0.717, 1.165) is 28.9 Å². The molecule has 0 aliphatic heterocycles. The average molecular weight is 301 g/mol. The maximum absolute atomic E-state index is 12.5. The molecule has 4 rings (SSSR count). The molecule has 7 nitrogen and oxygen atoms in total. The third-order valence-electron chi connectivity index (χ3n) is 4.87. The van der Waals surface area contributed by atoms with E-state index in [1.807, 2.05) is 17.5 Å². The van der Waals surface area contributed by atoms with Gasteiger partial charge in [-0.1, -0.05) is 12.8 Å². The van der Waals surface area contributed by atoms with Gasteiger partial charge in [-0.2, -0.15) is 4.98 Å². The van der Waals surface area contributed by atoms with Crippen LogP contribution < -0.4 is 11.2 Å². The van der Waals surface area contributed by atoms with Gasteiger partial charge in [0.05, 0.1) is 0 Å². The zero-order valence-corrected chi connectivity index (χ0v) is 13.0. The first-order valence-corrected chi connectivity index (χ1v) is 7.66. The second-order valence-electron chi connectivity index (χ2n) is 6.24. The zero-order chi connectivity index (χ0) is 15.6. The lowest BCUT2D eigenvalue weighted by atomic mass is 10.2. The quantitative estimate of drug-likeness (QED) is 0.676. The molecule has 0 radical (unpaired) electrons. The molecule has 3 aromatic rings. The van der Waals surface area contributed by atoms with Gasteiger partial charge < -0.3 is 4.57 Å². The van der Waals surface area contributed by atoms with Gasteiger partial charge in [0, 0.05) is 32.0 Å². The van der Waals surface area contributed by atoms with Crippen molar-refractivity contribution in [1.29, 1.82) is 0 Å². The normalized spacial score (nSPS) is 16.3. The van der Waals surface area contributed by atoms with Gasteiger partial charge in [-0.3, -0.25) is 18.3 Å². The van der Waals surface area contributed by atoms with Crippen LogP contribution in [0.25, 0.3) is 16.9 Å². The van der Waals surface area contributed by atoms with Crippen molar-refractivity contribution in [2.24, 2.45) is 14.1 Å². The molecule has 116 valence electrons. The van der Waals surface area contributed by atoms with Crippen LogP contribution in [0.15, 0.2) is 15.8 Å². The summed E-state index contributed by atoms with van der Waals surface area (Å²) in [5.74, 6) is 0.762. The van der Waals surface area contributed by atoms with Crippen molar-refractivity contribution in [1.82, 2.24) is 23.1 Å². The Kier molecular flexibility index (Phi) is 2.64. The first-order chi connectivity index (χ1) is 10.5. The van der Waals surface area contributed by atoms with Crippen molar-refractivity contribution in [3.8, 4) is 0 Å². The molecule has 0 aromatic carbocycles. The molecule has 1 aliphatic carbocycles. The molecule has 0 saturated heterocycles. The van der Waals surface area contributed by atoms with Crippen LogP contribution in [0.1, 0.15) is 37.4 Å². The molecular weight excluding hydrogens is 282 g/mol. The highest BCUT2D eigenvalue weighted by atomic mass is 16.2. The van der Waals surface area contributed by atoms with Crippen molar-refractivity contribution in [2.75, 3.05) is 0 Å². The first-order valence-electron chi connectivity index (χ1n) is 7.66. The van der Waals surface area contributed by atoms with Crippen molar-refractivity contribution < 1.29 is 0 Å². The van der Waals surface area contributed by atoms with Crippen LogP contribution in [-0.4, -0.2) is 23.1 Å². The molecule has 0 spiro atoms. The summed E-state index contributed by atoms with van der Waals surface area (Å²) in [7, 11) is 3.16. The van der Waals surface area contributed by atoms with Gasteiger partial charge in [-0.25, -0.2) is 4.79 Å². The molecule has 1 fully saturated rings. The number of aryl methyl sites for hydroxylation is 2. The van der Waals surface area contributed by atoms with Crippen LogP contribution in [0.2, 0.25) is 0 Å². The van der Waals surface area contributed by atoms with Gasteiger partial charge >= 0.3 is 5.69 Å². The molecule has 0 unspecified atom stereocenters. The van der Waals surface area contributed by atoms with E-state index in [1.165, 1.54) is 24.5 Å². The molecule has 1 saturated carbocycles. The third-order valence-corrected chi connectivity index (χ3v) is 4.87. The minimum atomic E-state index is -0.345. The summed E-state index contributed by atoms with van der Waals surface area (Å²) >= 11 is 0. The Bertz CT molecular complexity index is 1010. The zero-order valence-electron chi connectivity index (χ0n) is 13.0. The maximum Gasteiger partial charge on any atom is 0.332 e. The van der Waals surface area contributed by atoms with E-state index in [1.54, 1.807) is 7.05 Å². The minimum absolute atomic E-state index is 0.297. The highest BCUT2D eigenvalue weighted by molar-refractivity contribution is 5.75. The molecule has 3 aromatic heterocycles. The topological polar surface area (TPSA) is 66.2 Å². The number of nitrogens with zero attached hydrogens (tertiary/aromatic N) is 5. The first kappa shape index (κ1) is 13.4. The largest absolute Gasteiger partial charge is 0.332 e. The fourth-order valence-corrected chi connectivity index (χ4v) is 3.72. The van der Waals surface area contributed by atoms with Gasteiger partial charge in [-0.15, -0.1) is 0 Å². The van der Waals surface area contributed by atoms with Gasteiger partial charge in [0.1, 0.15) is 0 Å². The lowest BCUT2D eigenvalue weighted by Gasteiger charge is -2.13. The van der Waals surface area contributed by atoms with Gasteiger partial charge in [0.15, 0.2) is 11.2 Å². The molecule has 7 heteroatoms. The fraction of sp³-hybridized carbons (Fsp3) is 0.533. The molecule has 0 bridgehead atoms. The predicted molar refractivity (Wildman–Crippen MR) is 83.4 cm³/mol. The van der Waals surface area contributed by atoms with Crippen LogP contribution in [-0.2, 0) is 14.1 Å². The smallest absolute Gasteiger partial charge is 0.311 e. The Balaban J connectivity index is 2.16. The van der Waals surface area contributed by atoms with Gasteiger partial charge in [0.25, 0.3) is 5.56 Å². The number of rotatable bonds is 1. The van der Waals surface area contributed by atoms with Crippen molar-refractivity contribution in [2.45, 2.75) is 38.6 Å². The summed E-state index contributed by atoms with van der Waals surface area (Å²) in [6, 6.07) is 0.440. The molecular formula is C15H19N5O2. The Morgan fingerprint density at radius 3 is 2.50 bits per heavy atom. The predicted octanol–water partition coefficient (Wildman–Crippen LogP) is 1.11. The van der Waals surface area contributed by atoms with E-state index in [4.69, 9.17) is 0 Å². The SMILES string of the molecule is Cc1cn2c3c(=O)n(C)c(=O)n(C)c3nc2n1C1CCCC1. The lowest BCUT2D eigenvalue weighted by Crippen LogP contribution is -2.37. The van der Waals surface area contributed by atoms with E-state index in [0.29, 0.717) is 17.2 Å². The average Bonchev–Trinajstić information content (AvgIpc) is 3.17. The van der Waals surface area contributed by atoms with E-state index in [9.17, 15) is 9.59 Å². The molecule has 1 aliphatic rings. The Labute approximate surface area is 126 Å². The van der Waals surface area contributed by atoms with Crippen molar-refractivity contribution >= 4 is 16.9 Å². The molecule has 22 heavy (non-hydrogen) atoms. The van der Waals surface area contributed by atoms with Crippen LogP contribution in [0.3, 0.4) is 0 Å². The summed E-state index contributed by atoms with van der Waals surface area (Å²) < 4.78 is 6.64. The molecule has 0 amide bonds. The van der Waals surface area contributed by atoms with Crippen LogP contribution in [0.5, 0.6) is 0 Å². The van der Waals surface area contributed by atoms with Gasteiger partial charge in [0.2, 0.25) is 5.78 Å². The third kappa shape index (κ3) is 1.53. The van der Waals surface area contributed by atoms with Crippen molar-refractivity contribution in [3.63, 3.8) is 0 Å². The Morgan fingerprint density at radius 1 is 1.14 bits per heavy atom. The summed E-state index contributed by atoms with van der Waals surface area (Å²) in [5.41, 5.74) is 1.39. The number of aromatic nitrogens is 5. The van der Waals surface area contributed by atoms with E-state index in [-0.39, 0.29) is 11.2 Å². The molecule has 3 heterocycles. The highest BCUT2D eigenvalue weighted by Crippen LogP contribution is 2.32. The summed E-state index contributed by atoms with van der Waals surface area (Å²) in [4.78, 5) is 29.2. The fourth-order valence-electron chi connectivity index (χ4n) is 3.72. The van der Waals surface area contributed by atoms with Crippen LogP contribution in [0.4, 0.5) is 0 Å². The summed E-state index contributed by atoms with van der Waals surface area (Å²) in [5, 5.41) is 0. The van der Waals surface area contributed by atoms with E-state index in [2.05, 4.69) is 9.55 Å². The second kappa shape index (κ2) is 4.34. The number of hydrogen-bond donors (Lipinski definition) is 0. The van der Waals surface area contributed by atoms with Crippen molar-refractivity contribution in [3.05, 3.63) is 32.7 Å². The van der Waals surface area contributed by atoms with E-state index < -0.39 is 0 Å². The van der Waals surface area contributed by atoms with Crippen LogP contribution >= 0.6 is 0 Å². The minimum Gasteiger partial charge on any atom is -0.311 e. The summed E-state index contributed by atoms with van der Waals surface area (Å²) in [6.45, 7) is 2.05. The monoisotopic (exact) mass is 301 g/mol. The number of fused-ring (bicyclic) bond motifs is 3. The van der Waals surface area contributed by atoms with Gasteiger partial charge in [-0.05, 0) is 19.8 Å². The molecule has 0 N–H and O–H groups in total. The van der Waals surface area contributed by atoms with Crippen LogP contribution in [0, 0.1) is 6.92 Å². The number of hydrogen-bond acceptors (Lipinski definition) is 3.